The largest absolute Gasteiger partial charge is 0.317 e. The van der Waals surface area contributed by atoms with Gasteiger partial charge in [0, 0.05) is 12.6 Å². The van der Waals surface area contributed by atoms with E-state index < -0.39 is 0 Å². The molecule has 3 fully saturated rings. The van der Waals surface area contributed by atoms with Gasteiger partial charge in [-0.1, -0.05) is 6.42 Å². The van der Waals surface area contributed by atoms with Crippen LogP contribution in [0.2, 0.25) is 0 Å². The van der Waals surface area contributed by atoms with Gasteiger partial charge in [0.25, 0.3) is 0 Å². The van der Waals surface area contributed by atoms with Crippen molar-refractivity contribution in [3.8, 4) is 0 Å². The molecule has 1 N–H and O–H groups in total. The number of nitrogens with zero attached hydrogens (tertiary/aromatic N) is 1. The van der Waals surface area contributed by atoms with Crippen molar-refractivity contribution in [1.82, 2.24) is 10.2 Å². The molecule has 0 aromatic heterocycles. The van der Waals surface area contributed by atoms with Gasteiger partial charge in [0.2, 0.25) is 0 Å². The highest BCUT2D eigenvalue weighted by Gasteiger charge is 2.40. The average molecular weight is 222 g/mol. The lowest BCUT2D eigenvalue weighted by molar-refractivity contribution is 0.148. The zero-order chi connectivity index (χ0) is 11.0. The first-order valence-corrected chi connectivity index (χ1v) is 7.24. The molecule has 3 rings (SSSR count). The van der Waals surface area contributed by atoms with Crippen LogP contribution in [0.5, 0.6) is 0 Å². The zero-order valence-electron chi connectivity index (χ0n) is 10.6. The third-order valence-electron chi connectivity index (χ3n) is 5.34. The molecule has 92 valence electrons. The van der Waals surface area contributed by atoms with Gasteiger partial charge in [-0.25, -0.2) is 0 Å². The molecule has 2 bridgehead atoms. The molecule has 0 radical (unpaired) electrons. The molecule has 1 heterocycles. The highest BCUT2D eigenvalue weighted by molar-refractivity contribution is 4.91. The van der Waals surface area contributed by atoms with Crippen molar-refractivity contribution >= 4 is 0 Å². The van der Waals surface area contributed by atoms with Crippen LogP contribution in [0.4, 0.5) is 0 Å². The van der Waals surface area contributed by atoms with Crippen LogP contribution in [0, 0.1) is 17.8 Å². The number of hydrogen-bond acceptors (Lipinski definition) is 2. The molecule has 0 spiro atoms. The fourth-order valence-electron chi connectivity index (χ4n) is 4.37. The van der Waals surface area contributed by atoms with E-state index in [1.807, 2.05) is 0 Å². The molecule has 2 nitrogen and oxygen atoms in total. The molecule has 0 aromatic rings. The summed E-state index contributed by atoms with van der Waals surface area (Å²) in [7, 11) is 2.36. The van der Waals surface area contributed by atoms with Crippen molar-refractivity contribution in [2.75, 3.05) is 26.7 Å². The van der Waals surface area contributed by atoms with E-state index in [9.17, 15) is 0 Å². The van der Waals surface area contributed by atoms with Crippen molar-refractivity contribution in [1.29, 1.82) is 0 Å². The van der Waals surface area contributed by atoms with Crippen LogP contribution >= 0.6 is 0 Å². The molecule has 3 unspecified atom stereocenters. The Morgan fingerprint density at radius 1 is 1.06 bits per heavy atom. The van der Waals surface area contributed by atoms with Crippen LogP contribution in [0.25, 0.3) is 0 Å². The van der Waals surface area contributed by atoms with Gasteiger partial charge in [-0.05, 0) is 70.0 Å². The summed E-state index contributed by atoms with van der Waals surface area (Å²) >= 11 is 0. The fraction of sp³-hybridized carbons (Fsp3) is 1.00. The third kappa shape index (κ3) is 2.14. The predicted octanol–water partition coefficient (Wildman–Crippen LogP) is 2.11. The minimum atomic E-state index is 0.861. The Morgan fingerprint density at radius 3 is 2.50 bits per heavy atom. The van der Waals surface area contributed by atoms with E-state index in [1.54, 1.807) is 12.8 Å². The van der Waals surface area contributed by atoms with Gasteiger partial charge in [0.05, 0.1) is 0 Å². The van der Waals surface area contributed by atoms with Crippen LogP contribution in [0.3, 0.4) is 0 Å². The summed E-state index contributed by atoms with van der Waals surface area (Å²) in [6, 6.07) is 0.861. The van der Waals surface area contributed by atoms with Gasteiger partial charge >= 0.3 is 0 Å². The van der Waals surface area contributed by atoms with E-state index >= 15 is 0 Å². The van der Waals surface area contributed by atoms with Crippen LogP contribution < -0.4 is 5.32 Å². The van der Waals surface area contributed by atoms with Crippen LogP contribution in [0.1, 0.15) is 38.5 Å². The minimum Gasteiger partial charge on any atom is -0.317 e. The minimum absolute atomic E-state index is 0.861. The van der Waals surface area contributed by atoms with Crippen LogP contribution in [-0.4, -0.2) is 37.6 Å². The van der Waals surface area contributed by atoms with E-state index in [4.69, 9.17) is 0 Å². The summed E-state index contributed by atoms with van der Waals surface area (Å²) in [5.41, 5.74) is 0. The normalized spacial score (nSPS) is 39.8. The highest BCUT2D eigenvalue weighted by atomic mass is 15.1. The fourth-order valence-corrected chi connectivity index (χ4v) is 4.37. The quantitative estimate of drug-likeness (QED) is 0.787. The number of rotatable bonds is 3. The Hall–Kier alpha value is -0.0800. The standard InChI is InChI=1S/C14H26N2/c1-16(14-4-6-15-7-5-14)10-13-9-11-2-3-12(13)8-11/h11-15H,2-10H2,1H3. The van der Waals surface area contributed by atoms with Gasteiger partial charge in [-0.3, -0.25) is 0 Å². The maximum Gasteiger partial charge on any atom is 0.0116 e. The van der Waals surface area contributed by atoms with Crippen molar-refractivity contribution in [2.45, 2.75) is 44.6 Å². The second kappa shape index (κ2) is 4.66. The van der Waals surface area contributed by atoms with E-state index in [2.05, 4.69) is 17.3 Å². The summed E-state index contributed by atoms with van der Waals surface area (Å²) in [6.45, 7) is 3.84. The molecule has 1 aliphatic heterocycles. The monoisotopic (exact) mass is 222 g/mol. The number of hydrogen-bond donors (Lipinski definition) is 1. The summed E-state index contributed by atoms with van der Waals surface area (Å²) in [5.74, 6) is 3.24. The first-order valence-electron chi connectivity index (χ1n) is 7.24. The van der Waals surface area contributed by atoms with Crippen molar-refractivity contribution in [2.24, 2.45) is 17.8 Å². The Morgan fingerprint density at radius 2 is 1.88 bits per heavy atom. The van der Waals surface area contributed by atoms with E-state index in [0.717, 1.165) is 23.8 Å². The number of fused-ring (bicyclic) bond motifs is 2. The molecule has 3 aliphatic rings. The van der Waals surface area contributed by atoms with Crippen LogP contribution in [-0.2, 0) is 0 Å². The predicted molar refractivity (Wildman–Crippen MR) is 67.5 cm³/mol. The molecule has 0 amide bonds. The number of piperidine rings is 1. The summed E-state index contributed by atoms with van der Waals surface area (Å²) in [6.07, 6.45) is 8.90. The van der Waals surface area contributed by atoms with Gasteiger partial charge < -0.3 is 10.2 Å². The van der Waals surface area contributed by atoms with E-state index in [-0.39, 0.29) is 0 Å². The lowest BCUT2D eigenvalue weighted by Crippen LogP contribution is -2.43. The first kappa shape index (κ1) is 11.0. The Labute approximate surface area is 99.8 Å². The highest BCUT2D eigenvalue weighted by Crippen LogP contribution is 2.48. The zero-order valence-corrected chi connectivity index (χ0v) is 10.6. The summed E-state index contributed by atoms with van der Waals surface area (Å²) < 4.78 is 0. The van der Waals surface area contributed by atoms with Gasteiger partial charge in [-0.15, -0.1) is 0 Å². The molecular formula is C14H26N2. The van der Waals surface area contributed by atoms with Gasteiger partial charge in [0.15, 0.2) is 0 Å². The molecule has 2 saturated carbocycles. The van der Waals surface area contributed by atoms with Gasteiger partial charge in [-0.2, -0.15) is 0 Å². The topological polar surface area (TPSA) is 15.3 Å². The summed E-state index contributed by atoms with van der Waals surface area (Å²) in [5, 5.41) is 3.46. The second-order valence-electron chi connectivity index (χ2n) is 6.36. The third-order valence-corrected chi connectivity index (χ3v) is 5.34. The Kier molecular flexibility index (Phi) is 3.21. The lowest BCUT2D eigenvalue weighted by Gasteiger charge is -2.35. The Bertz CT molecular complexity index is 235. The SMILES string of the molecule is CN(CC1CC2CCC1C2)C1CCNCC1. The molecule has 0 aromatic carbocycles. The molecular weight excluding hydrogens is 196 g/mol. The smallest absolute Gasteiger partial charge is 0.0116 e. The van der Waals surface area contributed by atoms with Crippen LogP contribution in [0.15, 0.2) is 0 Å². The van der Waals surface area contributed by atoms with Crippen molar-refractivity contribution < 1.29 is 0 Å². The summed E-state index contributed by atoms with van der Waals surface area (Å²) in [4.78, 5) is 2.67. The Balaban J connectivity index is 1.50. The molecule has 16 heavy (non-hydrogen) atoms. The molecule has 1 saturated heterocycles. The first-order chi connectivity index (χ1) is 7.83. The molecule has 2 aliphatic carbocycles. The van der Waals surface area contributed by atoms with Crippen molar-refractivity contribution in [3.05, 3.63) is 0 Å². The van der Waals surface area contributed by atoms with Crippen molar-refractivity contribution in [3.63, 3.8) is 0 Å². The second-order valence-corrected chi connectivity index (χ2v) is 6.36. The van der Waals surface area contributed by atoms with E-state index in [1.165, 1.54) is 45.3 Å². The van der Waals surface area contributed by atoms with E-state index in [0.29, 0.717) is 0 Å². The average Bonchev–Trinajstić information content (AvgIpc) is 2.92. The lowest BCUT2D eigenvalue weighted by atomic mass is 9.88. The maximum absolute atomic E-state index is 3.46. The van der Waals surface area contributed by atoms with Gasteiger partial charge in [0.1, 0.15) is 0 Å². The number of nitrogens with one attached hydrogen (secondary N) is 1. The maximum atomic E-state index is 3.46. The molecule has 2 heteroatoms. The molecule has 3 atom stereocenters.